The van der Waals surface area contributed by atoms with Crippen LogP contribution in [0.15, 0.2) is 18.2 Å². The minimum Gasteiger partial charge on any atom is -0.490 e. The summed E-state index contributed by atoms with van der Waals surface area (Å²) in [6, 6.07) is 5.35. The van der Waals surface area contributed by atoms with E-state index in [1.807, 2.05) is 6.92 Å². The molecule has 0 atom stereocenters. The number of ether oxygens (including phenoxy) is 2. The van der Waals surface area contributed by atoms with Crippen LogP contribution in [0, 0.1) is 0 Å². The lowest BCUT2D eigenvalue weighted by molar-refractivity contribution is -0.129. The third-order valence-corrected chi connectivity index (χ3v) is 2.59. The van der Waals surface area contributed by atoms with Gasteiger partial charge in [-0.15, -0.1) is 0 Å². The second kappa shape index (κ2) is 7.63. The van der Waals surface area contributed by atoms with Crippen LogP contribution in [0.4, 0.5) is 0 Å². The second-order valence-electron chi connectivity index (χ2n) is 4.22. The Bertz CT molecular complexity index is 418. The molecule has 5 nitrogen and oxygen atoms in total. The van der Waals surface area contributed by atoms with Crippen LogP contribution in [-0.4, -0.2) is 43.2 Å². The van der Waals surface area contributed by atoms with E-state index in [4.69, 9.17) is 9.47 Å². The Balaban J connectivity index is 2.72. The zero-order chi connectivity index (χ0) is 14.3. The number of aliphatic hydroxyl groups is 1. The third-order valence-electron chi connectivity index (χ3n) is 2.59. The van der Waals surface area contributed by atoms with Gasteiger partial charge in [0.15, 0.2) is 11.5 Å². The van der Waals surface area contributed by atoms with Crippen LogP contribution in [0.2, 0.25) is 0 Å². The lowest BCUT2D eigenvalue weighted by Crippen LogP contribution is -2.23. The van der Waals surface area contributed by atoms with Gasteiger partial charge in [0.2, 0.25) is 5.91 Å². The molecule has 0 saturated heterocycles. The van der Waals surface area contributed by atoms with Gasteiger partial charge in [0, 0.05) is 19.7 Å². The van der Waals surface area contributed by atoms with Crippen LogP contribution >= 0.6 is 0 Å². The summed E-state index contributed by atoms with van der Waals surface area (Å²) in [7, 11) is 3.41. The Hall–Kier alpha value is -1.75. The van der Waals surface area contributed by atoms with E-state index in [-0.39, 0.29) is 19.1 Å². The number of para-hydroxylation sites is 1. The molecule has 0 spiro atoms. The molecule has 0 bridgehead atoms. The number of carbonyl (C=O) groups is 1. The van der Waals surface area contributed by atoms with Gasteiger partial charge in [-0.05, 0) is 13.0 Å². The van der Waals surface area contributed by atoms with Crippen LogP contribution in [0.25, 0.3) is 0 Å². The van der Waals surface area contributed by atoms with Crippen molar-refractivity contribution in [3.05, 3.63) is 23.8 Å². The first-order valence-corrected chi connectivity index (χ1v) is 6.28. The average molecular weight is 267 g/mol. The van der Waals surface area contributed by atoms with Gasteiger partial charge in [0.05, 0.1) is 26.2 Å². The van der Waals surface area contributed by atoms with E-state index in [1.54, 1.807) is 32.3 Å². The number of hydrogen-bond acceptors (Lipinski definition) is 4. The molecule has 106 valence electrons. The van der Waals surface area contributed by atoms with E-state index >= 15 is 0 Å². The van der Waals surface area contributed by atoms with E-state index in [0.29, 0.717) is 30.1 Å². The summed E-state index contributed by atoms with van der Waals surface area (Å²) in [6.45, 7) is 2.53. The first-order chi connectivity index (χ1) is 9.10. The SMILES string of the molecule is CCOc1cccc(CO)c1OCCC(=O)N(C)C. The number of amides is 1. The maximum Gasteiger partial charge on any atom is 0.225 e. The summed E-state index contributed by atoms with van der Waals surface area (Å²) >= 11 is 0. The lowest BCUT2D eigenvalue weighted by Gasteiger charge is -2.15. The average Bonchev–Trinajstić information content (AvgIpc) is 2.40. The van der Waals surface area contributed by atoms with Crippen molar-refractivity contribution in [3.8, 4) is 11.5 Å². The summed E-state index contributed by atoms with van der Waals surface area (Å²) in [4.78, 5) is 13.0. The largest absolute Gasteiger partial charge is 0.490 e. The first kappa shape index (κ1) is 15.3. The molecule has 0 unspecified atom stereocenters. The Morgan fingerprint density at radius 3 is 2.63 bits per heavy atom. The standard InChI is InChI=1S/C14H21NO4/c1-4-18-12-7-5-6-11(10-16)14(12)19-9-8-13(17)15(2)3/h5-7,16H,4,8-10H2,1-3H3. The third kappa shape index (κ3) is 4.44. The van der Waals surface area contributed by atoms with Gasteiger partial charge >= 0.3 is 0 Å². The molecule has 0 aromatic heterocycles. The van der Waals surface area contributed by atoms with Gasteiger partial charge in [-0.1, -0.05) is 12.1 Å². The number of hydrogen-bond donors (Lipinski definition) is 1. The molecule has 1 aromatic carbocycles. The van der Waals surface area contributed by atoms with Crippen molar-refractivity contribution in [2.24, 2.45) is 0 Å². The highest BCUT2D eigenvalue weighted by atomic mass is 16.5. The van der Waals surface area contributed by atoms with E-state index in [0.717, 1.165) is 0 Å². The molecule has 1 aromatic rings. The Morgan fingerprint density at radius 2 is 2.05 bits per heavy atom. The molecule has 0 saturated carbocycles. The first-order valence-electron chi connectivity index (χ1n) is 6.28. The van der Waals surface area contributed by atoms with Gasteiger partial charge in [0.1, 0.15) is 0 Å². The molecule has 0 heterocycles. The molecule has 0 fully saturated rings. The van der Waals surface area contributed by atoms with E-state index in [9.17, 15) is 9.90 Å². The molecule has 19 heavy (non-hydrogen) atoms. The van der Waals surface area contributed by atoms with Crippen molar-refractivity contribution in [1.29, 1.82) is 0 Å². The summed E-state index contributed by atoms with van der Waals surface area (Å²) < 4.78 is 11.1. The van der Waals surface area contributed by atoms with Crippen molar-refractivity contribution >= 4 is 5.91 Å². The van der Waals surface area contributed by atoms with Crippen molar-refractivity contribution in [2.45, 2.75) is 20.0 Å². The Morgan fingerprint density at radius 1 is 1.32 bits per heavy atom. The maximum absolute atomic E-state index is 11.5. The molecule has 0 aliphatic rings. The highest BCUT2D eigenvalue weighted by molar-refractivity contribution is 5.75. The minimum absolute atomic E-state index is 0.000519. The molecular weight excluding hydrogens is 246 g/mol. The molecule has 0 aliphatic heterocycles. The number of benzene rings is 1. The van der Waals surface area contributed by atoms with E-state index in [1.165, 1.54) is 4.90 Å². The summed E-state index contributed by atoms with van der Waals surface area (Å²) in [6.07, 6.45) is 0.290. The number of nitrogens with zero attached hydrogens (tertiary/aromatic N) is 1. The van der Waals surface area contributed by atoms with Crippen molar-refractivity contribution in [3.63, 3.8) is 0 Å². The van der Waals surface area contributed by atoms with Crippen molar-refractivity contribution in [1.82, 2.24) is 4.90 Å². The Kier molecular flexibility index (Phi) is 6.15. The van der Waals surface area contributed by atoms with Gasteiger partial charge in [-0.3, -0.25) is 4.79 Å². The van der Waals surface area contributed by atoms with E-state index < -0.39 is 0 Å². The van der Waals surface area contributed by atoms with E-state index in [2.05, 4.69) is 0 Å². The quantitative estimate of drug-likeness (QED) is 0.812. The highest BCUT2D eigenvalue weighted by Gasteiger charge is 2.11. The fourth-order valence-electron chi connectivity index (χ4n) is 1.58. The summed E-state index contributed by atoms with van der Waals surface area (Å²) in [5.74, 6) is 1.10. The number of carbonyl (C=O) groups excluding carboxylic acids is 1. The van der Waals surface area contributed by atoms with Crippen molar-refractivity contribution < 1.29 is 19.4 Å². The molecule has 1 rings (SSSR count). The van der Waals surface area contributed by atoms with Crippen LogP contribution in [0.5, 0.6) is 11.5 Å². The van der Waals surface area contributed by atoms with Gasteiger partial charge in [-0.25, -0.2) is 0 Å². The predicted molar refractivity (Wildman–Crippen MR) is 72.3 cm³/mol. The normalized spacial score (nSPS) is 10.1. The highest BCUT2D eigenvalue weighted by Crippen LogP contribution is 2.31. The number of rotatable bonds is 7. The fraction of sp³-hybridized carbons (Fsp3) is 0.500. The zero-order valence-corrected chi connectivity index (χ0v) is 11.7. The number of aliphatic hydroxyl groups excluding tert-OH is 1. The van der Waals surface area contributed by atoms with Crippen LogP contribution in [0.1, 0.15) is 18.9 Å². The lowest BCUT2D eigenvalue weighted by atomic mass is 10.2. The maximum atomic E-state index is 11.5. The van der Waals surface area contributed by atoms with Crippen molar-refractivity contribution in [2.75, 3.05) is 27.3 Å². The molecule has 1 N–H and O–H groups in total. The molecule has 5 heteroatoms. The molecule has 1 amide bonds. The molecule has 0 aliphatic carbocycles. The van der Waals surface area contributed by atoms with Crippen LogP contribution in [0.3, 0.4) is 0 Å². The van der Waals surface area contributed by atoms with Crippen LogP contribution < -0.4 is 9.47 Å². The Labute approximate surface area is 113 Å². The van der Waals surface area contributed by atoms with Crippen LogP contribution in [-0.2, 0) is 11.4 Å². The topological polar surface area (TPSA) is 59.0 Å². The fourth-order valence-corrected chi connectivity index (χ4v) is 1.58. The molecule has 0 radical (unpaired) electrons. The predicted octanol–water partition coefficient (Wildman–Crippen LogP) is 1.43. The summed E-state index contributed by atoms with van der Waals surface area (Å²) in [5, 5.41) is 9.30. The van der Waals surface area contributed by atoms with Gasteiger partial charge < -0.3 is 19.5 Å². The van der Waals surface area contributed by atoms with Gasteiger partial charge in [0.25, 0.3) is 0 Å². The smallest absolute Gasteiger partial charge is 0.225 e. The summed E-state index contributed by atoms with van der Waals surface area (Å²) in [5.41, 5.74) is 0.656. The molecular formula is C14H21NO4. The van der Waals surface area contributed by atoms with Gasteiger partial charge in [-0.2, -0.15) is 0 Å². The second-order valence-corrected chi connectivity index (χ2v) is 4.22. The monoisotopic (exact) mass is 267 g/mol. The minimum atomic E-state index is -0.127. The zero-order valence-electron chi connectivity index (χ0n) is 11.7.